The zero-order valence-electron chi connectivity index (χ0n) is 11.3. The molecule has 0 heterocycles. The van der Waals surface area contributed by atoms with Gasteiger partial charge in [0.2, 0.25) is 0 Å². The van der Waals surface area contributed by atoms with E-state index < -0.39 is 10.9 Å². The Balaban J connectivity index is 2.47. The van der Waals surface area contributed by atoms with Crippen LogP contribution in [0, 0.1) is 16.0 Å². The first-order chi connectivity index (χ1) is 9.08. The van der Waals surface area contributed by atoms with Crippen LogP contribution < -0.4 is 0 Å². The van der Waals surface area contributed by atoms with Crippen molar-refractivity contribution in [3.63, 3.8) is 0 Å². The summed E-state index contributed by atoms with van der Waals surface area (Å²) in [5, 5.41) is 10.5. The van der Waals surface area contributed by atoms with Crippen molar-refractivity contribution in [2.45, 2.75) is 33.1 Å². The molecule has 5 heteroatoms. The minimum Gasteiger partial charge on any atom is -0.462 e. The van der Waals surface area contributed by atoms with Gasteiger partial charge in [0.1, 0.15) is 0 Å². The third kappa shape index (κ3) is 4.69. The molecule has 0 aliphatic carbocycles. The van der Waals surface area contributed by atoms with Gasteiger partial charge in [0.05, 0.1) is 17.1 Å². The second kappa shape index (κ2) is 7.51. The van der Waals surface area contributed by atoms with Crippen molar-refractivity contribution in [3.05, 3.63) is 39.9 Å². The molecule has 0 aliphatic rings. The van der Waals surface area contributed by atoms with Gasteiger partial charge in [-0.2, -0.15) is 0 Å². The minimum absolute atomic E-state index is 0.0337. The van der Waals surface area contributed by atoms with Gasteiger partial charge >= 0.3 is 5.97 Å². The third-order valence-electron chi connectivity index (χ3n) is 3.23. The zero-order valence-corrected chi connectivity index (χ0v) is 11.3. The number of carbonyl (C=O) groups excluding carboxylic acids is 1. The molecule has 0 atom stereocenters. The molecule has 0 fully saturated rings. The molecule has 0 aromatic heterocycles. The quantitative estimate of drug-likeness (QED) is 0.429. The van der Waals surface area contributed by atoms with E-state index in [2.05, 4.69) is 13.8 Å². The summed E-state index contributed by atoms with van der Waals surface area (Å²) < 4.78 is 5.15. The Morgan fingerprint density at radius 1 is 1.26 bits per heavy atom. The van der Waals surface area contributed by atoms with Gasteiger partial charge in [-0.3, -0.25) is 10.1 Å². The Bertz CT molecular complexity index is 424. The van der Waals surface area contributed by atoms with E-state index in [1.165, 1.54) is 24.3 Å². The summed E-state index contributed by atoms with van der Waals surface area (Å²) in [5.41, 5.74) is 0.309. The van der Waals surface area contributed by atoms with Crippen LogP contribution in [0.4, 0.5) is 5.69 Å². The lowest BCUT2D eigenvalue weighted by molar-refractivity contribution is -0.384. The second-order valence-corrected chi connectivity index (χ2v) is 4.41. The number of hydrogen-bond acceptors (Lipinski definition) is 4. The molecule has 0 saturated heterocycles. The first kappa shape index (κ1) is 15.1. The SMILES string of the molecule is CCC(CC)CCOC(=O)c1ccc([N+](=O)[O-])cc1. The topological polar surface area (TPSA) is 69.4 Å². The van der Waals surface area contributed by atoms with Crippen LogP contribution in [-0.2, 0) is 4.74 Å². The van der Waals surface area contributed by atoms with Crippen molar-refractivity contribution in [1.82, 2.24) is 0 Å². The number of rotatable bonds is 7. The van der Waals surface area contributed by atoms with Crippen molar-refractivity contribution in [2.75, 3.05) is 6.61 Å². The number of non-ortho nitro benzene ring substituents is 1. The highest BCUT2D eigenvalue weighted by atomic mass is 16.6. The molecular weight excluding hydrogens is 246 g/mol. The molecule has 0 amide bonds. The second-order valence-electron chi connectivity index (χ2n) is 4.41. The largest absolute Gasteiger partial charge is 0.462 e. The number of hydrogen-bond donors (Lipinski definition) is 0. The molecule has 0 aliphatic heterocycles. The van der Waals surface area contributed by atoms with Crippen LogP contribution in [0.25, 0.3) is 0 Å². The summed E-state index contributed by atoms with van der Waals surface area (Å²) in [7, 11) is 0. The van der Waals surface area contributed by atoms with E-state index >= 15 is 0 Å². The molecule has 104 valence electrons. The number of nitro groups is 1. The van der Waals surface area contributed by atoms with E-state index in [9.17, 15) is 14.9 Å². The lowest BCUT2D eigenvalue weighted by Gasteiger charge is -2.11. The van der Waals surface area contributed by atoms with E-state index in [4.69, 9.17) is 4.74 Å². The fraction of sp³-hybridized carbons (Fsp3) is 0.500. The normalized spacial score (nSPS) is 10.5. The lowest BCUT2D eigenvalue weighted by atomic mass is 10.0. The highest BCUT2D eigenvalue weighted by molar-refractivity contribution is 5.89. The molecule has 5 nitrogen and oxygen atoms in total. The van der Waals surface area contributed by atoms with E-state index in [0.29, 0.717) is 18.1 Å². The van der Waals surface area contributed by atoms with Gasteiger partial charge in [0.15, 0.2) is 0 Å². The van der Waals surface area contributed by atoms with Crippen molar-refractivity contribution in [3.8, 4) is 0 Å². The molecule has 1 aromatic rings. The Morgan fingerprint density at radius 2 is 1.84 bits per heavy atom. The highest BCUT2D eigenvalue weighted by Gasteiger charge is 2.11. The van der Waals surface area contributed by atoms with E-state index in [-0.39, 0.29) is 5.69 Å². The standard InChI is InChI=1S/C14H19NO4/c1-3-11(4-2)9-10-19-14(16)12-5-7-13(8-6-12)15(17)18/h5-8,11H,3-4,9-10H2,1-2H3. The Kier molecular flexibility index (Phi) is 5.99. The van der Waals surface area contributed by atoms with Crippen molar-refractivity contribution in [2.24, 2.45) is 5.92 Å². The molecule has 0 bridgehead atoms. The molecule has 0 N–H and O–H groups in total. The summed E-state index contributed by atoms with van der Waals surface area (Å²) >= 11 is 0. The number of nitro benzene ring substituents is 1. The molecular formula is C14H19NO4. The molecule has 0 saturated carbocycles. The van der Waals surface area contributed by atoms with Crippen LogP contribution in [0.3, 0.4) is 0 Å². The number of nitrogens with zero attached hydrogens (tertiary/aromatic N) is 1. The summed E-state index contributed by atoms with van der Waals surface area (Å²) in [4.78, 5) is 21.7. The van der Waals surface area contributed by atoms with Crippen molar-refractivity contribution in [1.29, 1.82) is 0 Å². The average molecular weight is 265 g/mol. The fourth-order valence-electron chi connectivity index (χ4n) is 1.82. The van der Waals surface area contributed by atoms with Crippen LogP contribution in [0.5, 0.6) is 0 Å². The smallest absolute Gasteiger partial charge is 0.338 e. The van der Waals surface area contributed by atoms with Crippen LogP contribution >= 0.6 is 0 Å². The fourth-order valence-corrected chi connectivity index (χ4v) is 1.82. The van der Waals surface area contributed by atoms with E-state index in [1.807, 2.05) is 0 Å². The van der Waals surface area contributed by atoms with Gasteiger partial charge in [0, 0.05) is 12.1 Å². The highest BCUT2D eigenvalue weighted by Crippen LogP contribution is 2.15. The van der Waals surface area contributed by atoms with Crippen LogP contribution in [0.1, 0.15) is 43.5 Å². The molecule has 1 rings (SSSR count). The van der Waals surface area contributed by atoms with Crippen LogP contribution in [-0.4, -0.2) is 17.5 Å². The number of ether oxygens (including phenoxy) is 1. The zero-order chi connectivity index (χ0) is 14.3. The predicted octanol–water partition coefficient (Wildman–Crippen LogP) is 3.58. The molecule has 0 unspecified atom stereocenters. The van der Waals surface area contributed by atoms with Crippen LogP contribution in [0.15, 0.2) is 24.3 Å². The number of esters is 1. The summed E-state index contributed by atoms with van der Waals surface area (Å²) in [5.74, 6) is 0.144. The van der Waals surface area contributed by atoms with Gasteiger partial charge in [-0.25, -0.2) is 4.79 Å². The van der Waals surface area contributed by atoms with Gasteiger partial charge < -0.3 is 4.74 Å². The Hall–Kier alpha value is -1.91. The van der Waals surface area contributed by atoms with Gasteiger partial charge in [-0.15, -0.1) is 0 Å². The van der Waals surface area contributed by atoms with Gasteiger partial charge in [-0.05, 0) is 24.5 Å². The monoisotopic (exact) mass is 265 g/mol. The van der Waals surface area contributed by atoms with Crippen molar-refractivity contribution < 1.29 is 14.5 Å². The first-order valence-electron chi connectivity index (χ1n) is 6.50. The minimum atomic E-state index is -0.498. The van der Waals surface area contributed by atoms with Crippen molar-refractivity contribution >= 4 is 11.7 Å². The molecule has 0 spiro atoms. The average Bonchev–Trinajstić information content (AvgIpc) is 2.43. The lowest BCUT2D eigenvalue weighted by Crippen LogP contribution is -2.09. The predicted molar refractivity (Wildman–Crippen MR) is 72.1 cm³/mol. The number of benzene rings is 1. The van der Waals surface area contributed by atoms with E-state index in [1.54, 1.807) is 0 Å². The maximum atomic E-state index is 11.7. The first-order valence-corrected chi connectivity index (χ1v) is 6.50. The van der Waals surface area contributed by atoms with Gasteiger partial charge in [0.25, 0.3) is 5.69 Å². The summed E-state index contributed by atoms with van der Waals surface area (Å²) in [6, 6.07) is 5.43. The van der Waals surface area contributed by atoms with Gasteiger partial charge in [-0.1, -0.05) is 26.7 Å². The molecule has 19 heavy (non-hydrogen) atoms. The van der Waals surface area contributed by atoms with Crippen LogP contribution in [0.2, 0.25) is 0 Å². The summed E-state index contributed by atoms with van der Waals surface area (Å²) in [6.45, 7) is 4.63. The Morgan fingerprint density at radius 3 is 2.32 bits per heavy atom. The Labute approximate surface area is 112 Å². The van der Waals surface area contributed by atoms with E-state index in [0.717, 1.165) is 19.3 Å². The summed E-state index contributed by atoms with van der Waals surface area (Å²) in [6.07, 6.45) is 3.00. The maximum absolute atomic E-state index is 11.7. The number of carbonyl (C=O) groups is 1. The molecule has 1 aromatic carbocycles. The third-order valence-corrected chi connectivity index (χ3v) is 3.23. The molecule has 0 radical (unpaired) electrons. The maximum Gasteiger partial charge on any atom is 0.338 e.